The van der Waals surface area contributed by atoms with Crippen molar-refractivity contribution in [2.45, 2.75) is 38.1 Å². The molecule has 0 amide bonds. The molecular weight excluding hydrogens is 176 g/mol. The average molecular weight is 194 g/mol. The topological polar surface area (TPSA) is 56.7 Å². The molecule has 4 nitrogen and oxygen atoms in total. The van der Waals surface area contributed by atoms with E-state index < -0.39 is 0 Å². The summed E-state index contributed by atoms with van der Waals surface area (Å²) < 4.78 is 1.87. The van der Waals surface area contributed by atoms with Crippen molar-refractivity contribution in [3.8, 4) is 0 Å². The fraction of sp³-hybridized carbons (Fsp3) is 0.800. The number of hydrogen-bond acceptors (Lipinski definition) is 3. The van der Waals surface area contributed by atoms with Crippen LogP contribution in [0.15, 0.2) is 6.20 Å². The fourth-order valence-electron chi connectivity index (χ4n) is 2.40. The van der Waals surface area contributed by atoms with Crippen molar-refractivity contribution in [3.05, 3.63) is 11.9 Å². The molecule has 1 aromatic heterocycles. The Balaban J connectivity index is 2.20. The SMILES string of the molecule is CC1CCC(N)CC1c1cnnn1C. The molecule has 0 aliphatic heterocycles. The molecule has 2 N–H and O–H groups in total. The summed E-state index contributed by atoms with van der Waals surface area (Å²) in [5, 5.41) is 7.91. The molecule has 0 bridgehead atoms. The third-order valence-electron chi connectivity index (χ3n) is 3.37. The van der Waals surface area contributed by atoms with Crippen LogP contribution in [0.1, 0.15) is 37.8 Å². The van der Waals surface area contributed by atoms with Crippen LogP contribution in [0.3, 0.4) is 0 Å². The predicted octanol–water partition coefficient (Wildman–Crippen LogP) is 1.05. The molecular formula is C10H18N4. The summed E-state index contributed by atoms with van der Waals surface area (Å²) in [6.07, 6.45) is 5.32. The lowest BCUT2D eigenvalue weighted by molar-refractivity contribution is 0.289. The van der Waals surface area contributed by atoms with Crippen molar-refractivity contribution in [2.75, 3.05) is 0 Å². The van der Waals surface area contributed by atoms with Crippen LogP contribution in [-0.2, 0) is 7.05 Å². The monoisotopic (exact) mass is 194 g/mol. The van der Waals surface area contributed by atoms with Crippen molar-refractivity contribution in [3.63, 3.8) is 0 Å². The van der Waals surface area contributed by atoms with E-state index in [1.54, 1.807) is 0 Å². The second kappa shape index (κ2) is 3.69. The minimum Gasteiger partial charge on any atom is -0.328 e. The van der Waals surface area contributed by atoms with Crippen molar-refractivity contribution < 1.29 is 0 Å². The smallest absolute Gasteiger partial charge is 0.0728 e. The third-order valence-corrected chi connectivity index (χ3v) is 3.37. The van der Waals surface area contributed by atoms with Gasteiger partial charge in [-0.2, -0.15) is 0 Å². The highest BCUT2D eigenvalue weighted by Crippen LogP contribution is 2.36. The molecule has 1 heterocycles. The maximum Gasteiger partial charge on any atom is 0.0728 e. The zero-order valence-electron chi connectivity index (χ0n) is 8.85. The Bertz CT molecular complexity index is 307. The highest BCUT2D eigenvalue weighted by Gasteiger charge is 2.29. The molecule has 0 aromatic carbocycles. The quantitative estimate of drug-likeness (QED) is 0.727. The van der Waals surface area contributed by atoms with Crippen LogP contribution in [0.25, 0.3) is 0 Å². The Morgan fingerprint density at radius 2 is 2.29 bits per heavy atom. The Hall–Kier alpha value is -0.900. The number of hydrogen-bond donors (Lipinski definition) is 1. The largest absolute Gasteiger partial charge is 0.328 e. The van der Waals surface area contributed by atoms with E-state index in [0.717, 1.165) is 12.8 Å². The number of aryl methyl sites for hydroxylation is 1. The van der Waals surface area contributed by atoms with E-state index in [-0.39, 0.29) is 0 Å². The van der Waals surface area contributed by atoms with Gasteiger partial charge in [0.1, 0.15) is 0 Å². The molecule has 0 saturated heterocycles. The first-order chi connectivity index (χ1) is 6.68. The second-order valence-corrected chi connectivity index (χ2v) is 4.44. The summed E-state index contributed by atoms with van der Waals surface area (Å²) in [4.78, 5) is 0. The molecule has 1 saturated carbocycles. The summed E-state index contributed by atoms with van der Waals surface area (Å²) in [6, 6.07) is 0.353. The van der Waals surface area contributed by atoms with E-state index in [1.807, 2.05) is 17.9 Å². The molecule has 1 aliphatic carbocycles. The molecule has 4 heteroatoms. The number of rotatable bonds is 1. The Morgan fingerprint density at radius 1 is 1.50 bits per heavy atom. The molecule has 78 valence electrons. The summed E-state index contributed by atoms with van der Waals surface area (Å²) in [6.45, 7) is 2.30. The van der Waals surface area contributed by atoms with Gasteiger partial charge >= 0.3 is 0 Å². The van der Waals surface area contributed by atoms with Gasteiger partial charge in [0.05, 0.1) is 11.9 Å². The highest BCUT2D eigenvalue weighted by atomic mass is 15.4. The normalized spacial score (nSPS) is 33.2. The lowest BCUT2D eigenvalue weighted by atomic mass is 9.76. The fourth-order valence-corrected chi connectivity index (χ4v) is 2.40. The van der Waals surface area contributed by atoms with Gasteiger partial charge in [0, 0.05) is 19.0 Å². The number of aromatic nitrogens is 3. The van der Waals surface area contributed by atoms with Gasteiger partial charge < -0.3 is 5.73 Å². The van der Waals surface area contributed by atoms with Crippen LogP contribution >= 0.6 is 0 Å². The Labute approximate surface area is 84.5 Å². The van der Waals surface area contributed by atoms with E-state index in [4.69, 9.17) is 5.73 Å². The predicted molar refractivity (Wildman–Crippen MR) is 54.7 cm³/mol. The zero-order chi connectivity index (χ0) is 10.1. The molecule has 0 spiro atoms. The molecule has 1 fully saturated rings. The van der Waals surface area contributed by atoms with Crippen molar-refractivity contribution in [2.24, 2.45) is 18.7 Å². The van der Waals surface area contributed by atoms with E-state index in [9.17, 15) is 0 Å². The number of nitrogens with two attached hydrogens (primary N) is 1. The number of nitrogens with zero attached hydrogens (tertiary/aromatic N) is 3. The Morgan fingerprint density at radius 3 is 2.93 bits per heavy atom. The van der Waals surface area contributed by atoms with Gasteiger partial charge in [-0.3, -0.25) is 4.68 Å². The van der Waals surface area contributed by atoms with Gasteiger partial charge in [0.2, 0.25) is 0 Å². The van der Waals surface area contributed by atoms with Gasteiger partial charge in [-0.25, -0.2) is 0 Å². The summed E-state index contributed by atoms with van der Waals surface area (Å²) in [5.74, 6) is 1.24. The first kappa shape index (κ1) is 9.65. The lowest BCUT2D eigenvalue weighted by Gasteiger charge is -2.32. The molecule has 2 rings (SSSR count). The van der Waals surface area contributed by atoms with Gasteiger partial charge in [0.25, 0.3) is 0 Å². The van der Waals surface area contributed by atoms with Crippen molar-refractivity contribution in [1.29, 1.82) is 0 Å². The standard InChI is InChI=1S/C10H18N4/c1-7-3-4-8(11)5-9(7)10-6-12-13-14(10)2/h6-9H,3-5,11H2,1-2H3. The summed E-state index contributed by atoms with van der Waals surface area (Å²) in [7, 11) is 1.95. The van der Waals surface area contributed by atoms with Crippen LogP contribution < -0.4 is 5.73 Å². The summed E-state index contributed by atoms with van der Waals surface area (Å²) >= 11 is 0. The molecule has 1 aromatic rings. The van der Waals surface area contributed by atoms with Gasteiger partial charge in [-0.15, -0.1) is 5.10 Å². The van der Waals surface area contributed by atoms with Crippen LogP contribution in [-0.4, -0.2) is 21.0 Å². The summed E-state index contributed by atoms with van der Waals surface area (Å²) in [5.41, 5.74) is 7.22. The van der Waals surface area contributed by atoms with E-state index in [1.165, 1.54) is 12.1 Å². The van der Waals surface area contributed by atoms with Crippen LogP contribution in [0.4, 0.5) is 0 Å². The lowest BCUT2D eigenvalue weighted by Crippen LogP contribution is -2.31. The van der Waals surface area contributed by atoms with Gasteiger partial charge in [-0.1, -0.05) is 12.1 Å². The maximum atomic E-state index is 5.99. The van der Waals surface area contributed by atoms with E-state index >= 15 is 0 Å². The first-order valence-corrected chi connectivity index (χ1v) is 5.28. The van der Waals surface area contributed by atoms with E-state index in [0.29, 0.717) is 17.9 Å². The van der Waals surface area contributed by atoms with Crippen molar-refractivity contribution >= 4 is 0 Å². The van der Waals surface area contributed by atoms with Crippen LogP contribution in [0, 0.1) is 5.92 Å². The molecule has 0 radical (unpaired) electrons. The zero-order valence-corrected chi connectivity index (χ0v) is 8.85. The molecule has 3 atom stereocenters. The van der Waals surface area contributed by atoms with Gasteiger partial charge in [0.15, 0.2) is 0 Å². The first-order valence-electron chi connectivity index (χ1n) is 5.28. The average Bonchev–Trinajstić information content (AvgIpc) is 2.56. The van der Waals surface area contributed by atoms with Gasteiger partial charge in [-0.05, 0) is 25.2 Å². The minimum atomic E-state index is 0.353. The molecule has 3 unspecified atom stereocenters. The minimum absolute atomic E-state index is 0.353. The molecule has 1 aliphatic rings. The Kier molecular flexibility index (Phi) is 2.54. The highest BCUT2D eigenvalue weighted by molar-refractivity contribution is 5.07. The van der Waals surface area contributed by atoms with Crippen LogP contribution in [0.5, 0.6) is 0 Å². The van der Waals surface area contributed by atoms with E-state index in [2.05, 4.69) is 17.2 Å². The second-order valence-electron chi connectivity index (χ2n) is 4.44. The third kappa shape index (κ3) is 1.66. The van der Waals surface area contributed by atoms with Crippen molar-refractivity contribution in [1.82, 2.24) is 15.0 Å². The maximum absolute atomic E-state index is 5.99. The molecule has 14 heavy (non-hydrogen) atoms. The van der Waals surface area contributed by atoms with Crippen LogP contribution in [0.2, 0.25) is 0 Å².